The van der Waals surface area contributed by atoms with Crippen molar-refractivity contribution in [1.82, 2.24) is 9.55 Å². The number of rotatable bonds is 1. The van der Waals surface area contributed by atoms with Gasteiger partial charge < -0.3 is 4.57 Å². The molecule has 0 aliphatic heterocycles. The molecular formula is C13H17N2. The summed E-state index contributed by atoms with van der Waals surface area (Å²) in [6, 6.07) is 1.28. The van der Waals surface area contributed by atoms with Crippen LogP contribution in [0.25, 0.3) is 0 Å². The van der Waals surface area contributed by atoms with Crippen LogP contribution in [0.5, 0.6) is 0 Å². The maximum absolute atomic E-state index is 4.05. The summed E-state index contributed by atoms with van der Waals surface area (Å²) in [4.78, 5) is 4.05. The monoisotopic (exact) mass is 201 g/mol. The van der Waals surface area contributed by atoms with E-state index in [0.717, 1.165) is 6.42 Å². The number of nitrogens with zero attached hydrogens (tertiary/aromatic N) is 2. The number of hydrogen-bond donors (Lipinski definition) is 0. The molecule has 2 nitrogen and oxygen atoms in total. The van der Waals surface area contributed by atoms with Crippen LogP contribution in [0.2, 0.25) is 0 Å². The summed E-state index contributed by atoms with van der Waals surface area (Å²) in [6.07, 6.45) is 13.3. The average molecular weight is 201 g/mol. The summed E-state index contributed by atoms with van der Waals surface area (Å²) in [5, 5.41) is 0. The van der Waals surface area contributed by atoms with Crippen LogP contribution in [-0.2, 0) is 0 Å². The van der Waals surface area contributed by atoms with E-state index in [4.69, 9.17) is 0 Å². The van der Waals surface area contributed by atoms with Gasteiger partial charge in [-0.2, -0.15) is 0 Å². The van der Waals surface area contributed by atoms with Gasteiger partial charge in [0.05, 0.1) is 12.4 Å². The van der Waals surface area contributed by atoms with E-state index in [9.17, 15) is 0 Å². The lowest BCUT2D eigenvalue weighted by Crippen LogP contribution is -2.13. The SMILES string of the molecule is CC(C)(C)C1=CC[C](n2ccnc2)C=C1. The van der Waals surface area contributed by atoms with Gasteiger partial charge in [0.2, 0.25) is 0 Å². The van der Waals surface area contributed by atoms with Crippen molar-refractivity contribution in [2.75, 3.05) is 0 Å². The number of allylic oxidation sites excluding steroid dienone is 4. The molecule has 1 aliphatic rings. The first kappa shape index (κ1) is 10.2. The van der Waals surface area contributed by atoms with Crippen LogP contribution in [0, 0.1) is 11.5 Å². The lowest BCUT2D eigenvalue weighted by atomic mass is 9.83. The number of aromatic nitrogens is 2. The first-order valence-electron chi connectivity index (χ1n) is 5.30. The van der Waals surface area contributed by atoms with Crippen LogP contribution in [0.3, 0.4) is 0 Å². The third-order valence-electron chi connectivity index (χ3n) is 2.69. The van der Waals surface area contributed by atoms with Gasteiger partial charge in [-0.25, -0.2) is 4.98 Å². The minimum atomic E-state index is 0.247. The molecule has 0 atom stereocenters. The Hall–Kier alpha value is -1.31. The zero-order chi connectivity index (χ0) is 10.9. The van der Waals surface area contributed by atoms with Crippen molar-refractivity contribution >= 4 is 0 Å². The third-order valence-corrected chi connectivity index (χ3v) is 2.69. The molecule has 0 spiro atoms. The normalized spacial score (nSPS) is 17.9. The van der Waals surface area contributed by atoms with Crippen molar-refractivity contribution < 1.29 is 0 Å². The molecule has 0 saturated carbocycles. The van der Waals surface area contributed by atoms with Crippen molar-refractivity contribution in [2.24, 2.45) is 5.41 Å². The fourth-order valence-corrected chi connectivity index (χ4v) is 1.71. The molecule has 0 aromatic carbocycles. The molecule has 1 radical (unpaired) electrons. The molecule has 0 N–H and O–H groups in total. The Morgan fingerprint density at radius 1 is 1.27 bits per heavy atom. The van der Waals surface area contributed by atoms with Gasteiger partial charge in [-0.05, 0) is 17.4 Å². The molecule has 1 aromatic heterocycles. The highest BCUT2D eigenvalue weighted by molar-refractivity contribution is 5.35. The van der Waals surface area contributed by atoms with E-state index in [1.165, 1.54) is 11.6 Å². The lowest BCUT2D eigenvalue weighted by molar-refractivity contribution is 0.512. The Balaban J connectivity index is 2.11. The molecule has 79 valence electrons. The molecule has 2 heteroatoms. The van der Waals surface area contributed by atoms with Crippen molar-refractivity contribution in [3.63, 3.8) is 0 Å². The summed E-state index contributed by atoms with van der Waals surface area (Å²) in [6.45, 7) is 6.72. The Bertz CT molecular complexity index is 377. The standard InChI is InChI=1S/C13H17N2/c1-13(2,3)11-4-6-12(7-5-11)15-9-8-14-10-15/h4-6,8-10H,7H2,1-3H3. The minimum absolute atomic E-state index is 0.247. The summed E-state index contributed by atoms with van der Waals surface area (Å²) < 4.78 is 2.06. The van der Waals surface area contributed by atoms with Gasteiger partial charge in [0.1, 0.15) is 0 Å². The van der Waals surface area contributed by atoms with Crippen molar-refractivity contribution in [2.45, 2.75) is 27.2 Å². The second kappa shape index (κ2) is 3.69. The highest BCUT2D eigenvalue weighted by atomic mass is 15.0. The zero-order valence-corrected chi connectivity index (χ0v) is 9.57. The van der Waals surface area contributed by atoms with E-state index in [1.54, 1.807) is 0 Å². The Morgan fingerprint density at radius 2 is 2.07 bits per heavy atom. The number of imidazole rings is 1. The van der Waals surface area contributed by atoms with Crippen molar-refractivity contribution in [3.8, 4) is 0 Å². The molecule has 0 bridgehead atoms. The van der Waals surface area contributed by atoms with Crippen LogP contribution in [0.1, 0.15) is 27.2 Å². The Kier molecular flexibility index (Phi) is 2.51. The fourth-order valence-electron chi connectivity index (χ4n) is 1.71. The second-order valence-corrected chi connectivity index (χ2v) is 4.91. The molecule has 1 aliphatic carbocycles. The van der Waals surface area contributed by atoms with Gasteiger partial charge in [0, 0.05) is 12.4 Å². The van der Waals surface area contributed by atoms with E-state index < -0.39 is 0 Å². The maximum atomic E-state index is 4.05. The van der Waals surface area contributed by atoms with Gasteiger partial charge in [-0.1, -0.05) is 39.0 Å². The van der Waals surface area contributed by atoms with Gasteiger partial charge in [-0.3, -0.25) is 0 Å². The molecule has 0 unspecified atom stereocenters. The largest absolute Gasteiger partial charge is 0.325 e. The fraction of sp³-hybridized carbons (Fsp3) is 0.385. The predicted molar refractivity (Wildman–Crippen MR) is 62.2 cm³/mol. The van der Waals surface area contributed by atoms with Crippen LogP contribution >= 0.6 is 0 Å². The Labute approximate surface area is 91.3 Å². The highest BCUT2D eigenvalue weighted by Gasteiger charge is 2.19. The van der Waals surface area contributed by atoms with E-state index in [1.807, 2.05) is 18.7 Å². The van der Waals surface area contributed by atoms with Gasteiger partial charge in [0.25, 0.3) is 0 Å². The number of hydrogen-bond acceptors (Lipinski definition) is 1. The minimum Gasteiger partial charge on any atom is -0.325 e. The molecule has 0 amide bonds. The van der Waals surface area contributed by atoms with E-state index in [-0.39, 0.29) is 5.41 Å². The summed E-state index contributed by atoms with van der Waals surface area (Å²) in [5.41, 5.74) is 1.66. The first-order chi connectivity index (χ1) is 7.07. The molecule has 15 heavy (non-hydrogen) atoms. The van der Waals surface area contributed by atoms with Gasteiger partial charge in [-0.15, -0.1) is 0 Å². The predicted octanol–water partition coefficient (Wildman–Crippen LogP) is 3.20. The maximum Gasteiger partial charge on any atom is 0.0954 e. The van der Waals surface area contributed by atoms with E-state index >= 15 is 0 Å². The molecule has 1 heterocycles. The highest BCUT2D eigenvalue weighted by Crippen LogP contribution is 2.31. The smallest absolute Gasteiger partial charge is 0.0954 e. The van der Waals surface area contributed by atoms with E-state index in [2.05, 4.69) is 48.6 Å². The van der Waals surface area contributed by atoms with E-state index in [0.29, 0.717) is 0 Å². The van der Waals surface area contributed by atoms with Crippen LogP contribution in [-0.4, -0.2) is 9.55 Å². The van der Waals surface area contributed by atoms with Crippen LogP contribution < -0.4 is 0 Å². The molecule has 2 rings (SSSR count). The van der Waals surface area contributed by atoms with Gasteiger partial charge in [0.15, 0.2) is 0 Å². The summed E-state index contributed by atoms with van der Waals surface area (Å²) in [5.74, 6) is 0. The topological polar surface area (TPSA) is 17.8 Å². The molecule has 0 fully saturated rings. The average Bonchev–Trinajstić information content (AvgIpc) is 2.69. The van der Waals surface area contributed by atoms with Crippen molar-refractivity contribution in [1.29, 1.82) is 0 Å². The molecule has 1 aromatic rings. The summed E-state index contributed by atoms with van der Waals surface area (Å²) in [7, 11) is 0. The lowest BCUT2D eigenvalue weighted by Gasteiger charge is -2.25. The molecule has 0 saturated heterocycles. The van der Waals surface area contributed by atoms with Crippen LogP contribution in [0.4, 0.5) is 0 Å². The third kappa shape index (κ3) is 2.20. The van der Waals surface area contributed by atoms with Crippen molar-refractivity contribution in [3.05, 3.63) is 48.6 Å². The Morgan fingerprint density at radius 3 is 2.53 bits per heavy atom. The van der Waals surface area contributed by atoms with Crippen LogP contribution in [0.15, 0.2) is 42.5 Å². The first-order valence-corrected chi connectivity index (χ1v) is 5.30. The summed E-state index contributed by atoms with van der Waals surface area (Å²) >= 11 is 0. The zero-order valence-electron chi connectivity index (χ0n) is 9.57. The molecular weight excluding hydrogens is 184 g/mol. The van der Waals surface area contributed by atoms with Gasteiger partial charge >= 0.3 is 0 Å². The second-order valence-electron chi connectivity index (χ2n) is 4.91. The quantitative estimate of drug-likeness (QED) is 0.682.